The van der Waals surface area contributed by atoms with Crippen LogP contribution in [0.2, 0.25) is 0 Å². The zero-order chi connectivity index (χ0) is 8.70. The molecule has 4 nitrogen and oxygen atoms in total. The van der Waals surface area contributed by atoms with Gasteiger partial charge in [-0.15, -0.1) is 0 Å². The molecule has 1 saturated carbocycles. The largest absolute Gasteiger partial charge is 0.247 e. The van der Waals surface area contributed by atoms with E-state index in [2.05, 4.69) is 0 Å². The molecule has 0 radical (unpaired) electrons. The summed E-state index contributed by atoms with van der Waals surface area (Å²) in [7, 11) is -2.58. The van der Waals surface area contributed by atoms with E-state index in [4.69, 9.17) is 10.7 Å². The summed E-state index contributed by atoms with van der Waals surface area (Å²) in [5.41, 5.74) is 0. The van der Waals surface area contributed by atoms with E-state index < -0.39 is 29.2 Å². The van der Waals surface area contributed by atoms with Crippen molar-refractivity contribution in [3.63, 3.8) is 0 Å². The van der Waals surface area contributed by atoms with Gasteiger partial charge in [0, 0.05) is 10.7 Å². The predicted octanol–water partition coefficient (Wildman–Crippen LogP) is 0.0897. The van der Waals surface area contributed by atoms with Crippen LogP contribution in [0.3, 0.4) is 0 Å². The van der Waals surface area contributed by atoms with Crippen molar-refractivity contribution in [3.05, 3.63) is 0 Å². The van der Waals surface area contributed by atoms with Crippen LogP contribution >= 0.6 is 10.7 Å². The van der Waals surface area contributed by atoms with E-state index in [0.29, 0.717) is 12.8 Å². The molecular formula is C4H7ClO4S2. The number of halogens is 1. The highest BCUT2D eigenvalue weighted by Gasteiger charge is 2.38. The Hall–Kier alpha value is 0.190. The Balaban J connectivity index is 2.76. The van der Waals surface area contributed by atoms with Crippen LogP contribution in [0.4, 0.5) is 0 Å². The molecule has 1 fully saturated rings. The molecule has 0 aliphatic heterocycles. The monoisotopic (exact) mass is 218 g/mol. The first kappa shape index (κ1) is 9.28. The smallest absolute Gasteiger partial charge is 0.227 e. The molecule has 7 heteroatoms. The van der Waals surface area contributed by atoms with Crippen LogP contribution in [0.25, 0.3) is 0 Å². The molecule has 1 aliphatic rings. The third kappa shape index (κ3) is 2.96. The van der Waals surface area contributed by atoms with Crippen molar-refractivity contribution in [3.8, 4) is 0 Å². The molecular weight excluding hydrogens is 212 g/mol. The van der Waals surface area contributed by atoms with Crippen molar-refractivity contribution in [2.24, 2.45) is 0 Å². The van der Waals surface area contributed by atoms with Crippen LogP contribution < -0.4 is 0 Å². The molecule has 0 N–H and O–H groups in total. The molecule has 0 saturated heterocycles. The second-order valence-electron chi connectivity index (χ2n) is 2.52. The first-order chi connectivity index (χ1) is 4.81. The number of hydrogen-bond acceptors (Lipinski definition) is 4. The van der Waals surface area contributed by atoms with Crippen molar-refractivity contribution < 1.29 is 16.8 Å². The van der Waals surface area contributed by atoms with Gasteiger partial charge in [0.25, 0.3) is 0 Å². The average Bonchev–Trinajstić information content (AvgIpc) is 2.30. The minimum atomic E-state index is -3.90. The van der Waals surface area contributed by atoms with Gasteiger partial charge in [0.05, 0.1) is 5.25 Å². The summed E-state index contributed by atoms with van der Waals surface area (Å²) in [6.45, 7) is 0. The molecule has 0 heterocycles. The Morgan fingerprint density at radius 3 is 1.91 bits per heavy atom. The third-order valence-electron chi connectivity index (χ3n) is 1.34. The third-order valence-corrected chi connectivity index (χ3v) is 6.07. The van der Waals surface area contributed by atoms with Gasteiger partial charge in [0.2, 0.25) is 9.05 Å². The van der Waals surface area contributed by atoms with Gasteiger partial charge >= 0.3 is 0 Å². The van der Waals surface area contributed by atoms with Gasteiger partial charge in [0.15, 0.2) is 14.9 Å². The SMILES string of the molecule is O=S(=O)(Cl)CS(=O)(=O)C1CC1. The van der Waals surface area contributed by atoms with Gasteiger partial charge in [-0.2, -0.15) is 0 Å². The fraction of sp³-hybridized carbons (Fsp3) is 1.00. The molecule has 0 amide bonds. The van der Waals surface area contributed by atoms with Gasteiger partial charge < -0.3 is 0 Å². The number of hydrogen-bond donors (Lipinski definition) is 0. The molecule has 11 heavy (non-hydrogen) atoms. The maximum Gasteiger partial charge on any atom is 0.247 e. The van der Waals surface area contributed by atoms with Gasteiger partial charge in [-0.05, 0) is 12.8 Å². The molecule has 1 aliphatic carbocycles. The summed E-state index contributed by atoms with van der Waals surface area (Å²) in [5.74, 6) is 0. The Bertz CT molecular complexity index is 336. The molecule has 0 bridgehead atoms. The molecule has 0 spiro atoms. The second-order valence-corrected chi connectivity index (χ2v) is 7.94. The molecule has 0 aromatic carbocycles. The first-order valence-electron chi connectivity index (χ1n) is 2.95. The maximum absolute atomic E-state index is 10.9. The summed E-state index contributed by atoms with van der Waals surface area (Å²) in [5, 5.41) is -1.39. The van der Waals surface area contributed by atoms with E-state index in [-0.39, 0.29) is 0 Å². The number of rotatable bonds is 3. The summed E-state index contributed by atoms with van der Waals surface area (Å²) in [6.07, 6.45) is 1.13. The van der Waals surface area contributed by atoms with Crippen molar-refractivity contribution in [1.82, 2.24) is 0 Å². The van der Waals surface area contributed by atoms with Gasteiger partial charge in [-0.1, -0.05) is 0 Å². The summed E-state index contributed by atoms with van der Waals surface area (Å²) in [4.78, 5) is 0. The molecule has 0 aromatic heterocycles. The lowest BCUT2D eigenvalue weighted by Crippen LogP contribution is -2.16. The Kier molecular flexibility index (Phi) is 2.19. The molecule has 66 valence electrons. The summed E-state index contributed by atoms with van der Waals surface area (Å²) >= 11 is 0. The van der Waals surface area contributed by atoms with Crippen molar-refractivity contribution in [2.45, 2.75) is 18.1 Å². The van der Waals surface area contributed by atoms with Crippen LogP contribution in [-0.2, 0) is 18.9 Å². The lowest BCUT2D eigenvalue weighted by molar-refractivity contribution is 0.593. The quantitative estimate of drug-likeness (QED) is 0.630. The fourth-order valence-electron chi connectivity index (χ4n) is 0.720. The lowest BCUT2D eigenvalue weighted by Gasteiger charge is -1.96. The van der Waals surface area contributed by atoms with E-state index in [9.17, 15) is 16.8 Å². The Morgan fingerprint density at radius 2 is 1.64 bits per heavy atom. The Labute approximate surface area is 69.9 Å². The van der Waals surface area contributed by atoms with Gasteiger partial charge in [-0.3, -0.25) is 0 Å². The second kappa shape index (κ2) is 2.60. The van der Waals surface area contributed by atoms with E-state index >= 15 is 0 Å². The zero-order valence-electron chi connectivity index (χ0n) is 5.53. The average molecular weight is 219 g/mol. The minimum absolute atomic E-state index is 0.462. The van der Waals surface area contributed by atoms with Gasteiger partial charge in [-0.25, -0.2) is 16.8 Å². The van der Waals surface area contributed by atoms with Crippen LogP contribution in [0.5, 0.6) is 0 Å². The highest BCUT2D eigenvalue weighted by atomic mass is 35.7. The van der Waals surface area contributed by atoms with Crippen molar-refractivity contribution in [1.29, 1.82) is 0 Å². The molecule has 0 atom stereocenters. The van der Waals surface area contributed by atoms with E-state index in [1.165, 1.54) is 0 Å². The molecule has 0 unspecified atom stereocenters. The predicted molar refractivity (Wildman–Crippen MR) is 41.6 cm³/mol. The van der Waals surface area contributed by atoms with E-state index in [1.54, 1.807) is 0 Å². The normalized spacial score (nSPS) is 20.1. The van der Waals surface area contributed by atoms with Crippen molar-refractivity contribution >= 4 is 29.6 Å². The highest BCUT2D eigenvalue weighted by Crippen LogP contribution is 2.29. The summed E-state index contributed by atoms with van der Waals surface area (Å²) in [6, 6.07) is 0. The van der Waals surface area contributed by atoms with Crippen LogP contribution in [0.1, 0.15) is 12.8 Å². The lowest BCUT2D eigenvalue weighted by atomic mass is 11.0. The van der Waals surface area contributed by atoms with Gasteiger partial charge in [0.1, 0.15) is 0 Å². The maximum atomic E-state index is 10.9. The zero-order valence-corrected chi connectivity index (χ0v) is 7.92. The highest BCUT2D eigenvalue weighted by molar-refractivity contribution is 8.21. The topological polar surface area (TPSA) is 68.3 Å². The molecule has 0 aromatic rings. The fourth-order valence-corrected chi connectivity index (χ4v) is 5.03. The Morgan fingerprint density at radius 1 is 1.18 bits per heavy atom. The van der Waals surface area contributed by atoms with E-state index in [0.717, 1.165) is 0 Å². The standard InChI is InChI=1S/C4H7ClO4S2/c5-11(8,9)3-10(6,7)4-1-2-4/h4H,1-3H2. The number of sulfone groups is 1. The van der Waals surface area contributed by atoms with E-state index in [1.807, 2.05) is 0 Å². The molecule has 1 rings (SSSR count). The van der Waals surface area contributed by atoms with Crippen molar-refractivity contribution in [2.75, 3.05) is 5.08 Å². The summed E-state index contributed by atoms with van der Waals surface area (Å²) < 4.78 is 42.6. The first-order valence-corrected chi connectivity index (χ1v) is 7.14. The minimum Gasteiger partial charge on any atom is -0.227 e. The van der Waals surface area contributed by atoms with Crippen LogP contribution in [0.15, 0.2) is 0 Å². The van der Waals surface area contributed by atoms with Crippen LogP contribution in [0, 0.1) is 0 Å². The van der Waals surface area contributed by atoms with Crippen LogP contribution in [-0.4, -0.2) is 27.2 Å².